The molecule has 0 aliphatic heterocycles. The highest BCUT2D eigenvalue weighted by atomic mass is 32.2. The summed E-state index contributed by atoms with van der Waals surface area (Å²) >= 11 is 0. The van der Waals surface area contributed by atoms with Crippen LogP contribution in [0.5, 0.6) is 0 Å². The van der Waals surface area contributed by atoms with E-state index in [0.29, 0.717) is 30.6 Å². The van der Waals surface area contributed by atoms with Crippen molar-refractivity contribution in [1.29, 1.82) is 0 Å². The Morgan fingerprint density at radius 2 is 1.22 bits per heavy atom. The maximum Gasteiger partial charge on any atom is 0.306 e. The number of hydrogen-bond donors (Lipinski definition) is 2. The monoisotopic (exact) mass is 705 g/mol. The van der Waals surface area contributed by atoms with E-state index >= 15 is 0 Å². The Balaban J connectivity index is 1.26. The summed E-state index contributed by atoms with van der Waals surface area (Å²) in [6.07, 6.45) is 21.2. The van der Waals surface area contributed by atoms with Crippen molar-refractivity contribution in [1.82, 2.24) is 15.0 Å². The Hall–Kier alpha value is -4.05. The molecule has 0 atom stereocenters. The lowest BCUT2D eigenvalue weighted by atomic mass is 10.0. The average Bonchev–Trinajstić information content (AvgIpc) is 3.13. The van der Waals surface area contributed by atoms with E-state index in [-0.39, 0.29) is 28.9 Å². The van der Waals surface area contributed by atoms with Gasteiger partial charge in [0.05, 0.1) is 16.2 Å². The number of unbranched alkanes of at least 4 members (excludes halogenated alkanes) is 14. The van der Waals surface area contributed by atoms with Gasteiger partial charge >= 0.3 is 5.97 Å². The zero-order chi connectivity index (χ0) is 35.9. The van der Waals surface area contributed by atoms with E-state index in [1.807, 2.05) is 35.1 Å². The molecule has 10 heteroatoms. The van der Waals surface area contributed by atoms with Crippen LogP contribution in [0.2, 0.25) is 0 Å². The summed E-state index contributed by atoms with van der Waals surface area (Å²) in [7, 11) is -4.19. The topological polar surface area (TPSA) is 132 Å². The number of amides is 2. The largest absolute Gasteiger partial charge is 0.459 e. The van der Waals surface area contributed by atoms with E-state index in [1.165, 1.54) is 120 Å². The molecule has 0 bridgehead atoms. The first-order valence-corrected chi connectivity index (χ1v) is 19.9. The van der Waals surface area contributed by atoms with Gasteiger partial charge in [-0.1, -0.05) is 127 Å². The number of pyridine rings is 1. The van der Waals surface area contributed by atoms with Gasteiger partial charge in [0.2, 0.25) is 0 Å². The lowest BCUT2D eigenvalue weighted by Gasteiger charge is -2.09. The summed E-state index contributed by atoms with van der Waals surface area (Å²) in [5.74, 6) is -1.46. The number of sulfonamides is 1. The van der Waals surface area contributed by atoms with Gasteiger partial charge in [0, 0.05) is 24.7 Å². The SMILES string of the molecule is CCCCCCCCCCCCCCCCCC(=O)OCc1ccc(C(=O)NS(=O)(=O)c2ccc(C(=O)NCCc3ccccc3)cc2)cn1. The van der Waals surface area contributed by atoms with Crippen molar-refractivity contribution in [2.75, 3.05) is 6.54 Å². The Morgan fingerprint density at radius 1 is 0.660 bits per heavy atom. The maximum absolute atomic E-state index is 12.8. The summed E-state index contributed by atoms with van der Waals surface area (Å²) < 4.78 is 33.0. The van der Waals surface area contributed by atoms with Gasteiger partial charge in [-0.25, -0.2) is 13.1 Å². The lowest BCUT2D eigenvalue weighted by molar-refractivity contribution is -0.145. The van der Waals surface area contributed by atoms with Crippen LogP contribution in [0.4, 0.5) is 0 Å². The van der Waals surface area contributed by atoms with Crippen LogP contribution in [0.25, 0.3) is 0 Å². The molecule has 0 saturated carbocycles. The van der Waals surface area contributed by atoms with Crippen molar-refractivity contribution in [3.8, 4) is 0 Å². The Labute approximate surface area is 299 Å². The molecule has 0 spiro atoms. The van der Waals surface area contributed by atoms with Gasteiger partial charge in [0.25, 0.3) is 21.8 Å². The Morgan fingerprint density at radius 3 is 1.78 bits per heavy atom. The summed E-state index contributed by atoms with van der Waals surface area (Å²) in [6, 6.07) is 18.0. The van der Waals surface area contributed by atoms with Crippen molar-refractivity contribution in [2.24, 2.45) is 0 Å². The number of hydrogen-bond acceptors (Lipinski definition) is 7. The van der Waals surface area contributed by atoms with Crippen LogP contribution in [-0.4, -0.2) is 37.7 Å². The fraction of sp³-hybridized carbons (Fsp3) is 0.500. The molecule has 0 fully saturated rings. The highest BCUT2D eigenvalue weighted by molar-refractivity contribution is 7.90. The molecule has 0 unspecified atom stereocenters. The van der Waals surface area contributed by atoms with Crippen LogP contribution < -0.4 is 10.0 Å². The zero-order valence-corrected chi connectivity index (χ0v) is 30.5. The van der Waals surface area contributed by atoms with Gasteiger partial charge in [-0.3, -0.25) is 19.4 Å². The van der Waals surface area contributed by atoms with E-state index in [2.05, 4.69) is 17.2 Å². The van der Waals surface area contributed by atoms with E-state index in [0.717, 1.165) is 24.8 Å². The molecule has 50 heavy (non-hydrogen) atoms. The Kier molecular flexibility index (Phi) is 18.9. The van der Waals surface area contributed by atoms with Crippen molar-refractivity contribution in [3.63, 3.8) is 0 Å². The van der Waals surface area contributed by atoms with Gasteiger partial charge in [0.1, 0.15) is 6.61 Å². The summed E-state index contributed by atoms with van der Waals surface area (Å²) in [5, 5.41) is 2.81. The van der Waals surface area contributed by atoms with E-state index in [4.69, 9.17) is 4.74 Å². The molecule has 0 saturated heterocycles. The molecule has 2 aromatic carbocycles. The van der Waals surface area contributed by atoms with Crippen molar-refractivity contribution >= 4 is 27.8 Å². The third-order valence-corrected chi connectivity index (χ3v) is 10.00. The summed E-state index contributed by atoms with van der Waals surface area (Å²) in [4.78, 5) is 41.3. The fourth-order valence-electron chi connectivity index (χ4n) is 5.60. The fourth-order valence-corrected chi connectivity index (χ4v) is 6.58. The first kappa shape index (κ1) is 40.4. The number of aromatic nitrogens is 1. The van der Waals surface area contributed by atoms with Crippen LogP contribution in [0.3, 0.4) is 0 Å². The predicted octanol–water partition coefficient (Wildman–Crippen LogP) is 8.48. The smallest absolute Gasteiger partial charge is 0.306 e. The van der Waals surface area contributed by atoms with Crippen LogP contribution in [0.1, 0.15) is 142 Å². The molecule has 1 heterocycles. The molecular weight excluding hydrogens is 651 g/mol. The van der Waals surface area contributed by atoms with Gasteiger partial charge in [-0.2, -0.15) is 0 Å². The van der Waals surface area contributed by atoms with Crippen LogP contribution >= 0.6 is 0 Å². The third-order valence-electron chi connectivity index (χ3n) is 8.65. The minimum atomic E-state index is -4.19. The third kappa shape index (κ3) is 16.1. The standard InChI is InChI=1S/C40H55N3O6S/c1-2-3-4-5-6-7-8-9-10-11-12-13-14-15-19-22-38(44)49-32-36-26-23-35(31-42-36)40(46)43-50(47,48)37-27-24-34(25-28-37)39(45)41-30-29-33-20-17-16-18-21-33/h16-18,20-21,23-28,31H,2-15,19,22,29-30,32H2,1H3,(H,41,45)(H,43,46). The minimum absolute atomic E-state index is 0.0239. The molecule has 2 N–H and O–H groups in total. The molecule has 1 aromatic heterocycles. The number of nitrogens with one attached hydrogen (secondary N) is 2. The van der Waals surface area contributed by atoms with Crippen molar-refractivity contribution in [3.05, 3.63) is 95.3 Å². The average molecular weight is 706 g/mol. The number of benzene rings is 2. The first-order chi connectivity index (χ1) is 24.3. The summed E-state index contributed by atoms with van der Waals surface area (Å²) in [5.41, 5.74) is 1.89. The van der Waals surface area contributed by atoms with Gasteiger partial charge in [-0.15, -0.1) is 0 Å². The quantitative estimate of drug-likeness (QED) is 0.0668. The van der Waals surface area contributed by atoms with Crippen LogP contribution in [0.15, 0.2) is 77.8 Å². The first-order valence-electron chi connectivity index (χ1n) is 18.4. The molecule has 0 aliphatic rings. The molecule has 0 radical (unpaired) electrons. The predicted molar refractivity (Wildman–Crippen MR) is 197 cm³/mol. The van der Waals surface area contributed by atoms with Crippen molar-refractivity contribution in [2.45, 2.75) is 128 Å². The number of rotatable bonds is 25. The molecule has 3 rings (SSSR count). The van der Waals surface area contributed by atoms with Gasteiger partial charge in [-0.05, 0) is 54.8 Å². The second kappa shape index (κ2) is 23.4. The molecule has 9 nitrogen and oxygen atoms in total. The summed E-state index contributed by atoms with van der Waals surface area (Å²) in [6.45, 7) is 2.67. The molecule has 0 aliphatic carbocycles. The maximum atomic E-state index is 12.8. The number of ether oxygens (including phenoxy) is 1. The number of carbonyl (C=O) groups is 3. The lowest BCUT2D eigenvalue weighted by Crippen LogP contribution is -2.31. The molecular formula is C40H55N3O6S. The molecule has 272 valence electrons. The minimum Gasteiger partial charge on any atom is -0.459 e. The highest BCUT2D eigenvalue weighted by Crippen LogP contribution is 2.15. The van der Waals surface area contributed by atoms with Crippen LogP contribution in [0, 0.1) is 0 Å². The van der Waals surface area contributed by atoms with Gasteiger partial charge < -0.3 is 10.1 Å². The van der Waals surface area contributed by atoms with Crippen molar-refractivity contribution < 1.29 is 27.5 Å². The number of nitrogens with zero attached hydrogens (tertiary/aromatic N) is 1. The van der Waals surface area contributed by atoms with Gasteiger partial charge in [0.15, 0.2) is 0 Å². The van der Waals surface area contributed by atoms with E-state index < -0.39 is 15.9 Å². The second-order valence-electron chi connectivity index (χ2n) is 12.8. The number of esters is 1. The van der Waals surface area contributed by atoms with E-state index in [9.17, 15) is 22.8 Å². The van der Waals surface area contributed by atoms with E-state index in [1.54, 1.807) is 0 Å². The highest BCUT2D eigenvalue weighted by Gasteiger charge is 2.20. The normalized spacial score (nSPS) is 11.2. The Bertz CT molecular complexity index is 1530. The molecule has 3 aromatic rings. The zero-order valence-electron chi connectivity index (χ0n) is 29.7. The number of carbonyl (C=O) groups excluding carboxylic acids is 3. The second-order valence-corrected chi connectivity index (χ2v) is 14.5. The molecule has 2 amide bonds. The van der Waals surface area contributed by atoms with Crippen LogP contribution in [-0.2, 0) is 32.6 Å².